The first kappa shape index (κ1) is 19.5. The fourth-order valence-electron chi connectivity index (χ4n) is 5.93. The molecule has 4 N–H and O–H groups in total. The van der Waals surface area contributed by atoms with Crippen LogP contribution in [-0.2, 0) is 9.53 Å². The smallest absolute Gasteiger partial charge is 0.320 e. The number of fused-ring (bicyclic) bond motifs is 2. The normalized spacial score (nSPS) is 44.8. The molecule has 0 aromatic carbocycles. The number of hydrogen-bond acceptors (Lipinski definition) is 6. The standard InChI is InChI=1S/C20H34N6O3/c1-11-7-9-29-13-6-8-21-16-15(13)26(19(28)23-16)14-5-4-12-17(22-14)25(10-11)20(2,3)24-18(12)27/h11-17,21-22H,4-10H2,1-3H3,(H,23,28)(H,24,27)/t11-,12?,13?,14?,15?,16?,17?/m1/s1. The second kappa shape index (κ2) is 7.08. The monoisotopic (exact) mass is 406 g/mol. The summed E-state index contributed by atoms with van der Waals surface area (Å²) in [5.74, 6) is 0.474. The number of rotatable bonds is 0. The average molecular weight is 407 g/mol. The Morgan fingerprint density at radius 3 is 2.79 bits per heavy atom. The highest BCUT2D eigenvalue weighted by atomic mass is 16.5. The fourth-order valence-corrected chi connectivity index (χ4v) is 5.93. The van der Waals surface area contributed by atoms with Crippen LogP contribution in [0.25, 0.3) is 0 Å². The molecule has 5 aliphatic rings. The Hall–Kier alpha value is -1.42. The second-order valence-corrected chi connectivity index (χ2v) is 9.88. The first-order valence-corrected chi connectivity index (χ1v) is 11.1. The highest BCUT2D eigenvalue weighted by Crippen LogP contribution is 2.36. The van der Waals surface area contributed by atoms with E-state index >= 15 is 0 Å². The van der Waals surface area contributed by atoms with Gasteiger partial charge in [0.05, 0.1) is 36.1 Å². The Bertz CT molecular complexity index is 687. The fraction of sp³-hybridized carbons (Fsp3) is 0.900. The highest BCUT2D eigenvalue weighted by molar-refractivity contribution is 5.81. The summed E-state index contributed by atoms with van der Waals surface area (Å²) in [7, 11) is 0. The molecule has 2 bridgehead atoms. The van der Waals surface area contributed by atoms with Crippen LogP contribution >= 0.6 is 0 Å². The van der Waals surface area contributed by atoms with Crippen molar-refractivity contribution in [3.05, 3.63) is 0 Å². The van der Waals surface area contributed by atoms with Crippen LogP contribution in [0, 0.1) is 11.8 Å². The number of hydrogen-bond donors (Lipinski definition) is 4. The Labute approximate surface area is 172 Å². The predicted molar refractivity (Wildman–Crippen MR) is 106 cm³/mol. The van der Waals surface area contributed by atoms with Crippen molar-refractivity contribution in [2.24, 2.45) is 11.8 Å². The van der Waals surface area contributed by atoms with Gasteiger partial charge < -0.3 is 20.3 Å². The first-order chi connectivity index (χ1) is 13.8. The molecule has 0 aromatic heterocycles. The molecular weight excluding hydrogens is 372 g/mol. The average Bonchev–Trinajstić information content (AvgIpc) is 3.00. The molecule has 29 heavy (non-hydrogen) atoms. The summed E-state index contributed by atoms with van der Waals surface area (Å²) in [4.78, 5) is 30.1. The minimum atomic E-state index is -0.433. The maximum atomic E-state index is 12.9. The van der Waals surface area contributed by atoms with Crippen LogP contribution in [0.2, 0.25) is 0 Å². The molecule has 0 saturated carbocycles. The number of piperidine rings is 2. The van der Waals surface area contributed by atoms with E-state index in [9.17, 15) is 9.59 Å². The molecular formula is C20H34N6O3. The Kier molecular flexibility index (Phi) is 4.77. The number of ether oxygens (including phenoxy) is 1. The van der Waals surface area contributed by atoms with E-state index in [4.69, 9.17) is 4.74 Å². The summed E-state index contributed by atoms with van der Waals surface area (Å²) in [5, 5.41) is 13.5. The van der Waals surface area contributed by atoms with Gasteiger partial charge in [-0.15, -0.1) is 0 Å². The van der Waals surface area contributed by atoms with Gasteiger partial charge in [0, 0.05) is 13.2 Å². The molecule has 0 aliphatic carbocycles. The lowest BCUT2D eigenvalue weighted by Crippen LogP contribution is -2.76. The molecule has 7 atom stereocenters. The van der Waals surface area contributed by atoms with Crippen LogP contribution in [0.5, 0.6) is 0 Å². The summed E-state index contributed by atoms with van der Waals surface area (Å²) in [6.45, 7) is 8.82. The van der Waals surface area contributed by atoms with Crippen molar-refractivity contribution in [1.29, 1.82) is 0 Å². The second-order valence-electron chi connectivity index (χ2n) is 9.88. The molecule has 0 radical (unpaired) electrons. The van der Waals surface area contributed by atoms with Gasteiger partial charge in [-0.3, -0.25) is 20.3 Å². The Balaban J connectivity index is 1.50. The molecule has 162 valence electrons. The van der Waals surface area contributed by atoms with Crippen molar-refractivity contribution < 1.29 is 14.3 Å². The minimum absolute atomic E-state index is 0.0288. The summed E-state index contributed by atoms with van der Waals surface area (Å²) in [6, 6.07) is -0.0747. The van der Waals surface area contributed by atoms with Crippen LogP contribution < -0.4 is 21.3 Å². The van der Waals surface area contributed by atoms with Crippen molar-refractivity contribution >= 4 is 11.9 Å². The van der Waals surface area contributed by atoms with Gasteiger partial charge in [0.25, 0.3) is 0 Å². The minimum Gasteiger partial charge on any atom is -0.376 e. The molecule has 0 spiro atoms. The van der Waals surface area contributed by atoms with Crippen molar-refractivity contribution in [2.45, 2.75) is 82.8 Å². The molecule has 5 aliphatic heterocycles. The van der Waals surface area contributed by atoms with E-state index in [0.717, 1.165) is 38.8 Å². The number of amides is 3. The third-order valence-electron chi connectivity index (χ3n) is 7.45. The van der Waals surface area contributed by atoms with Crippen molar-refractivity contribution in [3.63, 3.8) is 0 Å². The van der Waals surface area contributed by atoms with E-state index < -0.39 is 5.66 Å². The van der Waals surface area contributed by atoms with Gasteiger partial charge in [-0.25, -0.2) is 4.79 Å². The lowest BCUT2D eigenvalue weighted by atomic mass is 9.86. The molecule has 9 nitrogen and oxygen atoms in total. The van der Waals surface area contributed by atoms with E-state index in [1.54, 1.807) is 0 Å². The van der Waals surface area contributed by atoms with Crippen LogP contribution in [0.4, 0.5) is 4.79 Å². The van der Waals surface area contributed by atoms with E-state index in [2.05, 4.69) is 46.9 Å². The van der Waals surface area contributed by atoms with Gasteiger partial charge in [0.15, 0.2) is 0 Å². The van der Waals surface area contributed by atoms with Gasteiger partial charge in [-0.2, -0.15) is 0 Å². The van der Waals surface area contributed by atoms with Crippen molar-refractivity contribution in [1.82, 2.24) is 31.1 Å². The maximum absolute atomic E-state index is 12.9. The maximum Gasteiger partial charge on any atom is 0.320 e. The number of urea groups is 1. The van der Waals surface area contributed by atoms with Crippen LogP contribution in [-0.4, -0.2) is 77.7 Å². The predicted octanol–water partition coefficient (Wildman–Crippen LogP) is -0.0557. The molecule has 5 fully saturated rings. The topological polar surface area (TPSA) is 98.0 Å². The lowest BCUT2D eigenvalue weighted by molar-refractivity contribution is -0.152. The molecule has 0 aromatic rings. The van der Waals surface area contributed by atoms with Gasteiger partial charge in [-0.05, 0) is 52.0 Å². The Morgan fingerprint density at radius 1 is 1.14 bits per heavy atom. The largest absolute Gasteiger partial charge is 0.376 e. The van der Waals surface area contributed by atoms with Crippen LogP contribution in [0.15, 0.2) is 0 Å². The van der Waals surface area contributed by atoms with Gasteiger partial charge in [-0.1, -0.05) is 6.92 Å². The van der Waals surface area contributed by atoms with Crippen LogP contribution in [0.1, 0.15) is 46.5 Å². The van der Waals surface area contributed by atoms with E-state index in [-0.39, 0.29) is 48.5 Å². The summed E-state index contributed by atoms with van der Waals surface area (Å²) < 4.78 is 6.34. The first-order valence-electron chi connectivity index (χ1n) is 11.1. The summed E-state index contributed by atoms with van der Waals surface area (Å²) in [5.41, 5.74) is -0.433. The molecule has 5 rings (SSSR count). The number of nitrogens with zero attached hydrogens (tertiary/aromatic N) is 2. The third kappa shape index (κ3) is 3.22. The van der Waals surface area contributed by atoms with Crippen LogP contribution in [0.3, 0.4) is 0 Å². The lowest BCUT2D eigenvalue weighted by Gasteiger charge is -2.56. The van der Waals surface area contributed by atoms with Crippen molar-refractivity contribution in [2.75, 3.05) is 19.7 Å². The van der Waals surface area contributed by atoms with E-state index in [1.165, 1.54) is 0 Å². The highest BCUT2D eigenvalue weighted by Gasteiger charge is 2.54. The summed E-state index contributed by atoms with van der Waals surface area (Å²) in [6.07, 6.45) is 3.19. The van der Waals surface area contributed by atoms with Gasteiger partial charge in [0.1, 0.15) is 6.17 Å². The molecule has 9 heteroatoms. The zero-order valence-corrected chi connectivity index (χ0v) is 17.6. The molecule has 6 unspecified atom stereocenters. The number of carbonyl (C=O) groups is 2. The Morgan fingerprint density at radius 2 is 1.97 bits per heavy atom. The third-order valence-corrected chi connectivity index (χ3v) is 7.45. The molecule has 5 heterocycles. The van der Waals surface area contributed by atoms with Gasteiger partial charge in [0.2, 0.25) is 5.91 Å². The van der Waals surface area contributed by atoms with E-state index in [1.807, 2.05) is 4.90 Å². The number of carbonyl (C=O) groups excluding carboxylic acids is 2. The quantitative estimate of drug-likeness (QED) is 0.450. The SMILES string of the molecule is C[C@@H]1CCOC2CCNC3NC(=O)N(C4CCC5C(=O)NC(C)(C)N(C1)C5N4)C32. The van der Waals surface area contributed by atoms with Crippen molar-refractivity contribution in [3.8, 4) is 0 Å². The summed E-state index contributed by atoms with van der Waals surface area (Å²) >= 11 is 0. The number of nitrogens with one attached hydrogen (secondary N) is 4. The van der Waals surface area contributed by atoms with E-state index in [0.29, 0.717) is 12.5 Å². The van der Waals surface area contributed by atoms with Gasteiger partial charge >= 0.3 is 6.03 Å². The molecule has 5 saturated heterocycles. The zero-order chi connectivity index (χ0) is 20.3. The zero-order valence-electron chi connectivity index (χ0n) is 17.6. The molecule has 3 amide bonds.